The van der Waals surface area contributed by atoms with Crippen LogP contribution in [-0.2, 0) is 18.3 Å². The van der Waals surface area contributed by atoms with Crippen LogP contribution in [0.4, 0.5) is 10.1 Å². The standard InChI is InChI=1S/C23H19FN4O3S/c1-28-21(15-4-7-17(24)8-5-15)16(13-25-28)6-11-20(29)26-18-9-2-14(3-10-18)12-19-22(30)27-23(31)32-19/h2-11,13,30H,12H2,1H3,(H,26,29)(H,27,31). The number of aromatic hydroxyl groups is 1. The number of thiazole rings is 1. The van der Waals surface area contributed by atoms with E-state index in [1.807, 2.05) is 12.1 Å². The Kier molecular flexibility index (Phi) is 6.00. The molecule has 2 heterocycles. The maximum Gasteiger partial charge on any atom is 0.307 e. The number of anilines is 1. The molecule has 9 heteroatoms. The number of benzene rings is 2. The third-order valence-electron chi connectivity index (χ3n) is 4.79. The third-order valence-corrected chi connectivity index (χ3v) is 5.66. The summed E-state index contributed by atoms with van der Waals surface area (Å²) in [6.07, 6.45) is 5.12. The topological polar surface area (TPSA) is 100 Å². The van der Waals surface area contributed by atoms with Gasteiger partial charge in [-0.2, -0.15) is 5.10 Å². The zero-order valence-electron chi connectivity index (χ0n) is 17.0. The molecule has 162 valence electrons. The number of hydrogen-bond acceptors (Lipinski definition) is 5. The molecule has 32 heavy (non-hydrogen) atoms. The highest BCUT2D eigenvalue weighted by Gasteiger charge is 2.10. The van der Waals surface area contributed by atoms with E-state index in [2.05, 4.69) is 15.4 Å². The molecule has 4 rings (SSSR count). The van der Waals surface area contributed by atoms with E-state index in [1.165, 1.54) is 18.2 Å². The highest BCUT2D eigenvalue weighted by Crippen LogP contribution is 2.25. The fourth-order valence-electron chi connectivity index (χ4n) is 3.25. The van der Waals surface area contributed by atoms with E-state index in [1.54, 1.807) is 48.3 Å². The quantitative estimate of drug-likeness (QED) is 0.388. The Labute approximate surface area is 186 Å². The highest BCUT2D eigenvalue weighted by atomic mass is 32.1. The molecule has 0 saturated carbocycles. The van der Waals surface area contributed by atoms with Crippen molar-refractivity contribution in [2.75, 3.05) is 5.32 Å². The van der Waals surface area contributed by atoms with Gasteiger partial charge in [0.2, 0.25) is 11.8 Å². The van der Waals surface area contributed by atoms with E-state index < -0.39 is 0 Å². The fourth-order valence-corrected chi connectivity index (χ4v) is 4.01. The summed E-state index contributed by atoms with van der Waals surface area (Å²) in [5.41, 5.74) is 3.80. The second kappa shape index (κ2) is 9.03. The molecule has 0 aliphatic carbocycles. The summed E-state index contributed by atoms with van der Waals surface area (Å²) >= 11 is 0.965. The van der Waals surface area contributed by atoms with Crippen LogP contribution < -0.4 is 10.2 Å². The molecule has 0 bridgehead atoms. The third kappa shape index (κ3) is 4.84. The zero-order valence-corrected chi connectivity index (χ0v) is 17.8. The van der Waals surface area contributed by atoms with Crippen molar-refractivity contribution in [1.82, 2.24) is 14.8 Å². The van der Waals surface area contributed by atoms with Crippen LogP contribution in [0.1, 0.15) is 16.0 Å². The molecule has 0 aliphatic heterocycles. The first-order valence-electron chi connectivity index (χ1n) is 9.66. The summed E-state index contributed by atoms with van der Waals surface area (Å²) in [5, 5.41) is 16.7. The first-order valence-corrected chi connectivity index (χ1v) is 10.5. The van der Waals surface area contributed by atoms with Crippen LogP contribution in [0.25, 0.3) is 17.3 Å². The predicted molar refractivity (Wildman–Crippen MR) is 122 cm³/mol. The summed E-state index contributed by atoms with van der Waals surface area (Å²) in [4.78, 5) is 26.2. The van der Waals surface area contributed by atoms with E-state index in [-0.39, 0.29) is 22.5 Å². The van der Waals surface area contributed by atoms with Crippen LogP contribution >= 0.6 is 11.3 Å². The first-order chi connectivity index (χ1) is 15.4. The fraction of sp³-hybridized carbons (Fsp3) is 0.0870. The van der Waals surface area contributed by atoms with Crippen LogP contribution in [0.15, 0.2) is 65.6 Å². The van der Waals surface area contributed by atoms with Gasteiger partial charge in [-0.05, 0) is 48.0 Å². The van der Waals surface area contributed by atoms with Crippen molar-refractivity contribution in [3.05, 3.63) is 92.3 Å². The molecule has 0 unspecified atom stereocenters. The lowest BCUT2D eigenvalue weighted by Gasteiger charge is -2.05. The number of H-pyrrole nitrogens is 1. The van der Waals surface area contributed by atoms with Gasteiger partial charge in [-0.15, -0.1) is 0 Å². The highest BCUT2D eigenvalue weighted by molar-refractivity contribution is 7.09. The van der Waals surface area contributed by atoms with Crippen molar-refractivity contribution < 1.29 is 14.3 Å². The minimum atomic E-state index is -0.320. The molecule has 0 fully saturated rings. The zero-order chi connectivity index (χ0) is 22.7. The van der Waals surface area contributed by atoms with E-state index in [4.69, 9.17) is 0 Å². The van der Waals surface area contributed by atoms with Crippen molar-refractivity contribution >= 4 is 29.0 Å². The Hall–Kier alpha value is -3.98. The largest absolute Gasteiger partial charge is 0.494 e. The first kappa shape index (κ1) is 21.3. The molecule has 4 aromatic rings. The molecule has 3 N–H and O–H groups in total. The lowest BCUT2D eigenvalue weighted by atomic mass is 10.1. The number of amides is 1. The van der Waals surface area contributed by atoms with Crippen LogP contribution in [-0.4, -0.2) is 25.8 Å². The molecular formula is C23H19FN4O3S. The molecular weight excluding hydrogens is 431 g/mol. The molecule has 7 nitrogen and oxygen atoms in total. The summed E-state index contributed by atoms with van der Waals surface area (Å²) in [7, 11) is 1.78. The van der Waals surface area contributed by atoms with Crippen molar-refractivity contribution in [3.63, 3.8) is 0 Å². The van der Waals surface area contributed by atoms with Crippen LogP contribution in [0, 0.1) is 5.82 Å². The van der Waals surface area contributed by atoms with E-state index in [0.717, 1.165) is 33.7 Å². The average Bonchev–Trinajstić information content (AvgIpc) is 3.29. The normalized spacial score (nSPS) is 11.2. The van der Waals surface area contributed by atoms with Crippen molar-refractivity contribution in [2.24, 2.45) is 7.05 Å². The van der Waals surface area contributed by atoms with E-state index in [9.17, 15) is 19.1 Å². The van der Waals surface area contributed by atoms with Crippen LogP contribution in [0.3, 0.4) is 0 Å². The van der Waals surface area contributed by atoms with E-state index >= 15 is 0 Å². The van der Waals surface area contributed by atoms with Gasteiger partial charge < -0.3 is 10.4 Å². The number of aromatic nitrogens is 3. The molecule has 0 saturated heterocycles. The van der Waals surface area contributed by atoms with E-state index in [0.29, 0.717) is 17.0 Å². The SMILES string of the molecule is Cn1ncc(C=CC(=O)Nc2ccc(Cc3sc(=O)[nH]c3O)cc2)c1-c1ccc(F)cc1. The molecule has 1 amide bonds. The van der Waals surface area contributed by atoms with Gasteiger partial charge in [0.1, 0.15) is 5.82 Å². The van der Waals surface area contributed by atoms with Crippen molar-refractivity contribution in [3.8, 4) is 17.1 Å². The van der Waals surface area contributed by atoms with Crippen molar-refractivity contribution in [1.29, 1.82) is 0 Å². The van der Waals surface area contributed by atoms with Crippen LogP contribution in [0.5, 0.6) is 5.88 Å². The number of aromatic amines is 1. The number of carbonyl (C=O) groups is 1. The average molecular weight is 450 g/mol. The Morgan fingerprint density at radius 3 is 2.59 bits per heavy atom. The monoisotopic (exact) mass is 450 g/mol. The van der Waals surface area contributed by atoms with Crippen LogP contribution in [0.2, 0.25) is 0 Å². The Morgan fingerprint density at radius 2 is 1.94 bits per heavy atom. The second-order valence-corrected chi connectivity index (χ2v) is 8.13. The molecule has 0 atom stereocenters. The number of halogens is 1. The summed E-state index contributed by atoms with van der Waals surface area (Å²) < 4.78 is 14.9. The molecule has 0 spiro atoms. The molecule has 0 aliphatic rings. The van der Waals surface area contributed by atoms with Gasteiger partial charge in [-0.1, -0.05) is 23.5 Å². The summed E-state index contributed by atoms with van der Waals surface area (Å²) in [6.45, 7) is 0. The maximum atomic E-state index is 13.2. The Morgan fingerprint density at radius 1 is 1.22 bits per heavy atom. The second-order valence-electron chi connectivity index (χ2n) is 7.06. The van der Waals surface area contributed by atoms with Gasteiger partial charge in [0.15, 0.2) is 0 Å². The predicted octanol–water partition coefficient (Wildman–Crippen LogP) is 3.92. The minimum Gasteiger partial charge on any atom is -0.494 e. The Bertz CT molecular complexity index is 1340. The minimum absolute atomic E-state index is 0.113. The van der Waals surface area contributed by atoms with Gasteiger partial charge in [-0.25, -0.2) is 4.39 Å². The lowest BCUT2D eigenvalue weighted by Crippen LogP contribution is -2.07. The summed E-state index contributed by atoms with van der Waals surface area (Å²) in [6, 6.07) is 13.2. The molecule has 2 aromatic carbocycles. The molecule has 2 aromatic heterocycles. The van der Waals surface area contributed by atoms with Gasteiger partial charge in [0, 0.05) is 36.4 Å². The van der Waals surface area contributed by atoms with Crippen molar-refractivity contribution in [2.45, 2.75) is 6.42 Å². The maximum absolute atomic E-state index is 13.2. The number of aryl methyl sites for hydroxylation is 1. The number of carbonyl (C=O) groups excluding carboxylic acids is 1. The molecule has 0 radical (unpaired) electrons. The van der Waals surface area contributed by atoms with Gasteiger partial charge >= 0.3 is 4.87 Å². The van der Waals surface area contributed by atoms with Gasteiger partial charge in [0.05, 0.1) is 16.8 Å². The summed E-state index contributed by atoms with van der Waals surface area (Å²) in [5.74, 6) is -0.745. The number of rotatable bonds is 6. The van der Waals surface area contributed by atoms with Gasteiger partial charge in [0.25, 0.3) is 0 Å². The number of nitrogens with one attached hydrogen (secondary N) is 2. The number of hydrogen-bond donors (Lipinski definition) is 3. The van der Waals surface area contributed by atoms with Gasteiger partial charge in [-0.3, -0.25) is 19.3 Å². The lowest BCUT2D eigenvalue weighted by molar-refractivity contribution is -0.111. The Balaban J connectivity index is 1.42. The smallest absolute Gasteiger partial charge is 0.307 e. The number of nitrogens with zero attached hydrogens (tertiary/aromatic N) is 2.